The summed E-state index contributed by atoms with van der Waals surface area (Å²) in [5, 5.41) is 0. The van der Waals surface area contributed by atoms with Gasteiger partial charge in [0.1, 0.15) is 0 Å². The Hall–Kier alpha value is 0.350. The summed E-state index contributed by atoms with van der Waals surface area (Å²) in [5.41, 5.74) is 0. The molecule has 0 aromatic heterocycles. The van der Waals surface area contributed by atoms with Crippen molar-refractivity contribution in [3.63, 3.8) is 0 Å². The maximum absolute atomic E-state index is 2.29. The van der Waals surface area contributed by atoms with Gasteiger partial charge in [-0.25, -0.2) is 0 Å². The lowest BCUT2D eigenvalue weighted by molar-refractivity contribution is 0.763. The second kappa shape index (κ2) is 3.01. The standard InChI is InChI=1S/C10H18S/c1-2-3-8-11-10(6-7-10)9-4-5-9/h9H,2-8H2,1H3. The Morgan fingerprint density at radius 3 is 2.55 bits per heavy atom. The number of thioether (sulfide) groups is 1. The molecule has 0 radical (unpaired) electrons. The van der Waals surface area contributed by atoms with Crippen molar-refractivity contribution in [2.24, 2.45) is 5.92 Å². The van der Waals surface area contributed by atoms with Gasteiger partial charge in [-0.2, -0.15) is 11.8 Å². The van der Waals surface area contributed by atoms with Gasteiger partial charge in [0.25, 0.3) is 0 Å². The van der Waals surface area contributed by atoms with Crippen molar-refractivity contribution < 1.29 is 0 Å². The van der Waals surface area contributed by atoms with Crippen molar-refractivity contribution >= 4 is 11.8 Å². The van der Waals surface area contributed by atoms with Crippen molar-refractivity contribution in [1.82, 2.24) is 0 Å². The first kappa shape index (κ1) is 7.97. The van der Waals surface area contributed by atoms with Crippen LogP contribution in [-0.2, 0) is 0 Å². The van der Waals surface area contributed by atoms with E-state index in [1.54, 1.807) is 12.8 Å². The molecule has 0 N–H and O–H groups in total. The van der Waals surface area contributed by atoms with Crippen LogP contribution in [0.15, 0.2) is 0 Å². The van der Waals surface area contributed by atoms with E-state index in [-0.39, 0.29) is 0 Å². The van der Waals surface area contributed by atoms with Crippen LogP contribution in [0.4, 0.5) is 0 Å². The summed E-state index contributed by atoms with van der Waals surface area (Å²) in [5.74, 6) is 2.57. The van der Waals surface area contributed by atoms with Crippen LogP contribution in [0.25, 0.3) is 0 Å². The molecule has 2 rings (SSSR count). The normalized spacial score (nSPS) is 27.0. The number of hydrogen-bond donors (Lipinski definition) is 0. The monoisotopic (exact) mass is 170 g/mol. The molecular formula is C10H18S. The zero-order valence-electron chi connectivity index (χ0n) is 7.44. The first-order valence-electron chi connectivity index (χ1n) is 5.01. The van der Waals surface area contributed by atoms with Crippen molar-refractivity contribution in [3.8, 4) is 0 Å². The Morgan fingerprint density at radius 2 is 2.09 bits per heavy atom. The van der Waals surface area contributed by atoms with Gasteiger partial charge in [0.15, 0.2) is 0 Å². The van der Waals surface area contributed by atoms with Gasteiger partial charge in [0, 0.05) is 4.75 Å². The molecule has 0 spiro atoms. The Kier molecular flexibility index (Phi) is 2.18. The molecule has 0 nitrogen and oxygen atoms in total. The highest BCUT2D eigenvalue weighted by atomic mass is 32.2. The SMILES string of the molecule is CCCCSC1(C2CC2)CC1. The number of hydrogen-bond acceptors (Lipinski definition) is 1. The number of unbranched alkanes of at least 4 members (excludes halogenated alkanes) is 1. The minimum absolute atomic E-state index is 0.829. The maximum atomic E-state index is 2.29. The van der Waals surface area contributed by atoms with Crippen molar-refractivity contribution in [1.29, 1.82) is 0 Å². The molecule has 0 aromatic rings. The molecule has 0 amide bonds. The van der Waals surface area contributed by atoms with Crippen molar-refractivity contribution in [2.75, 3.05) is 5.75 Å². The minimum Gasteiger partial charge on any atom is -0.155 e. The van der Waals surface area contributed by atoms with Crippen molar-refractivity contribution in [2.45, 2.75) is 50.2 Å². The molecule has 0 heterocycles. The van der Waals surface area contributed by atoms with Crippen LogP contribution in [0.3, 0.4) is 0 Å². The summed E-state index contributed by atoms with van der Waals surface area (Å²) in [6, 6.07) is 0. The van der Waals surface area contributed by atoms with Gasteiger partial charge in [-0.15, -0.1) is 0 Å². The van der Waals surface area contributed by atoms with E-state index in [1.165, 1.54) is 31.4 Å². The lowest BCUT2D eigenvalue weighted by Crippen LogP contribution is -2.06. The van der Waals surface area contributed by atoms with Gasteiger partial charge >= 0.3 is 0 Å². The third-order valence-electron chi connectivity index (χ3n) is 2.95. The molecule has 0 saturated heterocycles. The molecule has 64 valence electrons. The molecule has 11 heavy (non-hydrogen) atoms. The first-order chi connectivity index (χ1) is 5.37. The summed E-state index contributed by atoms with van der Waals surface area (Å²) in [6.07, 6.45) is 8.95. The van der Waals surface area contributed by atoms with Gasteiger partial charge in [-0.05, 0) is 43.8 Å². The zero-order chi connectivity index (χ0) is 7.73. The highest BCUT2D eigenvalue weighted by Gasteiger charge is 2.53. The second-order valence-electron chi connectivity index (χ2n) is 4.04. The molecule has 0 unspecified atom stereocenters. The molecule has 2 aliphatic rings. The zero-order valence-corrected chi connectivity index (χ0v) is 8.25. The van der Waals surface area contributed by atoms with E-state index in [2.05, 4.69) is 18.7 Å². The predicted molar refractivity (Wildman–Crippen MR) is 52.1 cm³/mol. The predicted octanol–water partition coefficient (Wildman–Crippen LogP) is 3.46. The molecule has 0 bridgehead atoms. The summed E-state index contributed by atoms with van der Waals surface area (Å²) in [4.78, 5) is 0. The molecule has 2 saturated carbocycles. The Labute approximate surface area is 74.1 Å². The van der Waals surface area contributed by atoms with Crippen LogP contribution >= 0.6 is 11.8 Å². The van der Waals surface area contributed by atoms with Crippen LogP contribution in [0.2, 0.25) is 0 Å². The highest BCUT2D eigenvalue weighted by Crippen LogP contribution is 2.62. The minimum atomic E-state index is 0.829. The van der Waals surface area contributed by atoms with E-state index in [4.69, 9.17) is 0 Å². The summed E-state index contributed by atoms with van der Waals surface area (Å²) < 4.78 is 0.829. The third kappa shape index (κ3) is 1.74. The van der Waals surface area contributed by atoms with Gasteiger partial charge < -0.3 is 0 Å². The molecule has 0 aromatic carbocycles. The van der Waals surface area contributed by atoms with Crippen LogP contribution < -0.4 is 0 Å². The quantitative estimate of drug-likeness (QED) is 0.569. The van der Waals surface area contributed by atoms with Crippen LogP contribution in [0.1, 0.15) is 45.4 Å². The molecule has 2 aliphatic carbocycles. The lowest BCUT2D eigenvalue weighted by Gasteiger charge is -2.12. The lowest BCUT2D eigenvalue weighted by atomic mass is 10.3. The van der Waals surface area contributed by atoms with E-state index in [0.717, 1.165) is 10.7 Å². The largest absolute Gasteiger partial charge is 0.155 e. The molecule has 0 atom stereocenters. The third-order valence-corrected chi connectivity index (χ3v) is 4.76. The van der Waals surface area contributed by atoms with E-state index in [0.29, 0.717) is 0 Å². The summed E-state index contributed by atoms with van der Waals surface area (Å²) >= 11 is 2.28. The van der Waals surface area contributed by atoms with Gasteiger partial charge in [-0.3, -0.25) is 0 Å². The Morgan fingerprint density at radius 1 is 1.36 bits per heavy atom. The van der Waals surface area contributed by atoms with Crippen LogP contribution in [0.5, 0.6) is 0 Å². The first-order valence-corrected chi connectivity index (χ1v) is 6.00. The van der Waals surface area contributed by atoms with Gasteiger partial charge in [0.2, 0.25) is 0 Å². The second-order valence-corrected chi connectivity index (χ2v) is 5.55. The molecular weight excluding hydrogens is 152 g/mol. The fourth-order valence-corrected chi connectivity index (χ4v) is 3.52. The Balaban J connectivity index is 1.68. The fourth-order valence-electron chi connectivity index (χ4n) is 1.82. The maximum Gasteiger partial charge on any atom is 0.0189 e. The van der Waals surface area contributed by atoms with E-state index < -0.39 is 0 Å². The summed E-state index contributed by atoms with van der Waals surface area (Å²) in [7, 11) is 0. The van der Waals surface area contributed by atoms with E-state index in [1.807, 2.05) is 0 Å². The number of rotatable bonds is 5. The van der Waals surface area contributed by atoms with E-state index >= 15 is 0 Å². The molecule has 1 heteroatoms. The fraction of sp³-hybridized carbons (Fsp3) is 1.00. The average Bonchev–Trinajstić information content (AvgIpc) is 2.84. The molecule has 2 fully saturated rings. The average molecular weight is 170 g/mol. The highest BCUT2D eigenvalue weighted by molar-refractivity contribution is 8.00. The van der Waals surface area contributed by atoms with Crippen molar-refractivity contribution in [3.05, 3.63) is 0 Å². The van der Waals surface area contributed by atoms with Crippen LogP contribution in [0, 0.1) is 5.92 Å². The molecule has 0 aliphatic heterocycles. The topological polar surface area (TPSA) is 0 Å². The Bertz CT molecular complexity index is 134. The van der Waals surface area contributed by atoms with Gasteiger partial charge in [-0.1, -0.05) is 13.3 Å². The van der Waals surface area contributed by atoms with Crippen LogP contribution in [-0.4, -0.2) is 10.5 Å². The summed E-state index contributed by atoms with van der Waals surface area (Å²) in [6.45, 7) is 2.29. The smallest absolute Gasteiger partial charge is 0.0189 e. The van der Waals surface area contributed by atoms with Gasteiger partial charge in [0.05, 0.1) is 0 Å². The van der Waals surface area contributed by atoms with E-state index in [9.17, 15) is 0 Å².